The molecule has 3 saturated carbocycles. The monoisotopic (exact) mass is 2140 g/mol. The Labute approximate surface area is 754 Å². The lowest BCUT2D eigenvalue weighted by molar-refractivity contribution is -0.349. The fourth-order valence-corrected chi connectivity index (χ4v) is 14.6. The van der Waals surface area contributed by atoms with Gasteiger partial charge >= 0.3 is 72.6 Å². The first-order valence-corrected chi connectivity index (χ1v) is 39.8. The van der Waals surface area contributed by atoms with Crippen LogP contribution in [0.5, 0.6) is 0 Å². The highest BCUT2D eigenvalue weighted by Crippen LogP contribution is 2.60. The van der Waals surface area contributed by atoms with Gasteiger partial charge in [-0.05, 0) is 213 Å². The third-order valence-electron chi connectivity index (χ3n) is 20.0. The smallest absolute Gasteiger partial charge is 0.320 e. The van der Waals surface area contributed by atoms with Crippen LogP contribution in [0.25, 0.3) is 0 Å². The second-order valence-corrected chi connectivity index (χ2v) is 32.2. The van der Waals surface area contributed by atoms with E-state index in [0.717, 1.165) is 82.1 Å². The molecule has 3 aliphatic carbocycles. The van der Waals surface area contributed by atoms with Crippen LogP contribution in [-0.4, -0.2) is 107 Å². The molecule has 0 atom stereocenters. The zero-order chi connectivity index (χ0) is 99.4. The van der Waals surface area contributed by atoms with Gasteiger partial charge in [-0.3, -0.25) is 38.7 Å². The van der Waals surface area contributed by atoms with Gasteiger partial charge in [0.2, 0.25) is 0 Å². The molecule has 15 nitrogen and oxygen atoms in total. The maximum absolute atomic E-state index is 15.8. The number of anilines is 6. The van der Waals surface area contributed by atoms with Crippen molar-refractivity contribution in [3.05, 3.63) is 261 Å². The second kappa shape index (κ2) is 38.4. The van der Waals surface area contributed by atoms with E-state index in [1.54, 1.807) is 16.0 Å². The number of hydrogen-bond donors (Lipinski definition) is 3. The summed E-state index contributed by atoms with van der Waals surface area (Å²) in [5, 5.41) is 4.67. The number of rotatable bonds is 21. The highest BCUT2D eigenvalue weighted by Gasteiger charge is 2.76. The summed E-state index contributed by atoms with van der Waals surface area (Å²) in [6.45, 7) is 0.00277. The summed E-state index contributed by atoms with van der Waals surface area (Å²) in [6, 6.07) is 14.4. The summed E-state index contributed by atoms with van der Waals surface area (Å²) >= 11 is 13.2. The molecule has 6 aromatic carbocycles. The number of hydrogen-bond acceptors (Lipinski definition) is 9. The van der Waals surface area contributed by atoms with E-state index in [1.807, 2.05) is 0 Å². The Hall–Kier alpha value is -11.0. The molecular formula is C81H50Br3ClF33N9O6. The first kappa shape index (κ1) is 104. The van der Waals surface area contributed by atoms with E-state index in [1.165, 1.54) is 67.4 Å². The van der Waals surface area contributed by atoms with Gasteiger partial charge in [-0.2, -0.15) is 119 Å². The number of carbonyl (C=O) groups excluding carboxylic acids is 6. The lowest BCUT2D eigenvalue weighted by atomic mass is 9.92. The molecule has 0 spiro atoms. The molecule has 6 amide bonds. The van der Waals surface area contributed by atoms with Gasteiger partial charge in [0.1, 0.15) is 5.15 Å². The minimum Gasteiger partial charge on any atom is -0.320 e. The van der Waals surface area contributed by atoms with Crippen LogP contribution in [0.15, 0.2) is 172 Å². The first-order chi connectivity index (χ1) is 61.2. The van der Waals surface area contributed by atoms with Crippen molar-refractivity contribution in [1.29, 1.82) is 0 Å². The standard InChI is InChI=1S/C27H16BrClF11N3O2.2C27H17BrF11N3O2/c28-17-10-13(24(31,26(35,36)37)27(38,39)40)9-16(25(32,33)34)20(17)42-22(44)14-3-1-5-18(19(14)30)43(11-12-6-7-12)23(45)15-4-2-8-41-21(15)29;28-18-10-15(24(30,26(34,35)36)27(37,38)39)9-17(25(31,32)33)21(18)41-22(43)16-4-1-5-19(20(16)29)42(12-13-6-7-13)23(44)14-3-2-8-40-11-14;28-18-11-15(24(30,26(34,35)36)27(37,38)39)10-17(25(31,32)33)21(18)41-22(43)16-2-1-3-19(20(16)29)42(12-13-4-5-13)23(44)14-6-8-40-9-7-14/h1-5,8-10,12H,6-7,11H2,(H,42,44);1-5,8-11,13H,6-7,12H2,(H,41,43);1-3,6-11,13H,4-5,12H2,(H,41,43). The molecule has 714 valence electrons. The number of carbonyl (C=O) groups is 6. The van der Waals surface area contributed by atoms with Gasteiger partial charge < -0.3 is 30.7 Å². The highest BCUT2D eigenvalue weighted by atomic mass is 79.9. The summed E-state index contributed by atoms with van der Waals surface area (Å²) in [7, 11) is 0. The van der Waals surface area contributed by atoms with E-state index in [9.17, 15) is 160 Å². The van der Waals surface area contributed by atoms with Crippen molar-refractivity contribution in [2.75, 3.05) is 50.3 Å². The van der Waals surface area contributed by atoms with Gasteiger partial charge in [0.25, 0.3) is 35.4 Å². The van der Waals surface area contributed by atoms with E-state index < -0.39 is 241 Å². The molecule has 12 rings (SSSR count). The van der Waals surface area contributed by atoms with Crippen LogP contribution in [0.3, 0.4) is 0 Å². The molecule has 0 radical (unpaired) electrons. The van der Waals surface area contributed by atoms with Crippen LogP contribution in [-0.2, 0) is 35.5 Å². The summed E-state index contributed by atoms with van der Waals surface area (Å²) in [5.41, 5.74) is -41.3. The van der Waals surface area contributed by atoms with Crippen LogP contribution in [0, 0.1) is 35.2 Å². The zero-order valence-corrected chi connectivity index (χ0v) is 70.7. The van der Waals surface area contributed by atoms with Crippen molar-refractivity contribution in [3.63, 3.8) is 0 Å². The van der Waals surface area contributed by atoms with Gasteiger partial charge in [-0.25, -0.2) is 31.3 Å². The molecular weight excluding hydrogens is 2100 g/mol. The van der Waals surface area contributed by atoms with E-state index in [-0.39, 0.29) is 77.4 Å². The van der Waals surface area contributed by atoms with E-state index in [4.69, 9.17) is 11.6 Å². The van der Waals surface area contributed by atoms with Crippen LogP contribution in [0.1, 0.15) is 134 Å². The number of nitrogens with zero attached hydrogens (tertiary/aromatic N) is 6. The molecule has 9 aromatic rings. The molecule has 3 aliphatic rings. The largest absolute Gasteiger partial charge is 0.435 e. The third kappa shape index (κ3) is 22.3. The van der Waals surface area contributed by atoms with Crippen LogP contribution >= 0.6 is 59.4 Å². The number of benzene rings is 6. The molecule has 0 unspecified atom stereocenters. The number of pyridine rings is 3. The van der Waals surface area contributed by atoms with Gasteiger partial charge in [-0.15, -0.1) is 0 Å². The molecule has 52 heteroatoms. The molecule has 3 fully saturated rings. The predicted octanol–water partition coefficient (Wildman–Crippen LogP) is 26.5. The number of alkyl halides is 30. The van der Waals surface area contributed by atoms with E-state index >= 15 is 13.2 Å². The van der Waals surface area contributed by atoms with Gasteiger partial charge in [-0.1, -0.05) is 29.8 Å². The quantitative estimate of drug-likeness (QED) is 0.0465. The maximum Gasteiger partial charge on any atom is 0.435 e. The summed E-state index contributed by atoms with van der Waals surface area (Å²) in [6.07, 6.45) is -46.8. The normalized spacial score (nSPS) is 14.4. The molecule has 3 N–H and O–H groups in total. The molecule has 3 aromatic heterocycles. The number of halogens is 37. The number of amides is 6. The summed E-state index contributed by atoms with van der Waals surface area (Å²) in [4.78, 5) is 93.2. The molecule has 0 aliphatic heterocycles. The number of nitrogens with one attached hydrogen (secondary N) is 3. The average Bonchev–Trinajstić information content (AvgIpc) is 1.25. The van der Waals surface area contributed by atoms with Gasteiger partial charge in [0, 0.05) is 86.3 Å². The fraction of sp³-hybridized carbons (Fsp3) is 0.296. The van der Waals surface area contributed by atoms with E-state index in [0.29, 0.717) is 25.7 Å². The first-order valence-electron chi connectivity index (χ1n) is 37.1. The Kier molecular flexibility index (Phi) is 30.1. The predicted molar refractivity (Wildman–Crippen MR) is 416 cm³/mol. The van der Waals surface area contributed by atoms with Crippen molar-refractivity contribution < 1.29 is 174 Å². The van der Waals surface area contributed by atoms with Crippen molar-refractivity contribution in [1.82, 2.24) is 15.0 Å². The fourth-order valence-electron chi connectivity index (χ4n) is 12.7. The highest BCUT2D eigenvalue weighted by molar-refractivity contribution is 9.11. The third-order valence-corrected chi connectivity index (χ3v) is 22.1. The Balaban J connectivity index is 0.000000207. The Bertz CT molecular complexity index is 5630. The molecule has 0 bridgehead atoms. The lowest BCUT2D eigenvalue weighted by Crippen LogP contribution is -2.50. The second-order valence-electron chi connectivity index (χ2n) is 29.3. The SMILES string of the molecule is O=C(Nc1c(Br)cc(C(F)(C(F)(F)F)C(F)(F)F)cc1C(F)(F)F)c1cccc(N(CC2CC2)C(=O)c2cccnc2)c1F.O=C(Nc1c(Br)cc(C(F)(C(F)(F)F)C(F)(F)F)cc1C(F)(F)F)c1cccc(N(CC2CC2)C(=O)c2cccnc2Cl)c1F.O=C(Nc1c(Br)cc(C(F)(C(F)(F)F)C(F)(F)F)cc1C(F)(F)F)c1cccc(N(CC2CC2)C(=O)c2ccncc2)c1F. The van der Waals surface area contributed by atoms with Crippen LogP contribution < -0.4 is 30.7 Å². The van der Waals surface area contributed by atoms with Crippen LogP contribution in [0.4, 0.5) is 179 Å². The maximum atomic E-state index is 15.8. The summed E-state index contributed by atoms with van der Waals surface area (Å²) < 4.78 is 451. The zero-order valence-electron chi connectivity index (χ0n) is 65.2. The van der Waals surface area contributed by atoms with Crippen molar-refractivity contribution in [3.8, 4) is 0 Å². The van der Waals surface area contributed by atoms with Crippen LogP contribution in [0.2, 0.25) is 5.15 Å². The van der Waals surface area contributed by atoms with Gasteiger partial charge in [0.15, 0.2) is 17.5 Å². The minimum atomic E-state index is -6.73. The summed E-state index contributed by atoms with van der Waals surface area (Å²) in [5.74, 6) is -11.2. The number of aromatic nitrogens is 3. The van der Waals surface area contributed by atoms with Gasteiger partial charge in [0.05, 0.1) is 78.6 Å². The molecule has 133 heavy (non-hydrogen) atoms. The Morgan fingerprint density at radius 3 is 0.880 bits per heavy atom. The molecule has 3 heterocycles. The van der Waals surface area contributed by atoms with Crippen molar-refractivity contribution in [2.45, 2.75) is 111 Å². The topological polar surface area (TPSA) is 187 Å². The van der Waals surface area contributed by atoms with Crippen molar-refractivity contribution >= 4 is 129 Å². The molecule has 0 saturated heterocycles. The Morgan fingerprint density at radius 1 is 0.338 bits per heavy atom. The minimum absolute atomic E-state index is 0.00231. The Morgan fingerprint density at radius 2 is 0.617 bits per heavy atom. The van der Waals surface area contributed by atoms with E-state index in [2.05, 4.69) is 62.7 Å². The average molecular weight is 2150 g/mol. The van der Waals surface area contributed by atoms with Crippen molar-refractivity contribution in [2.24, 2.45) is 17.8 Å². The lowest BCUT2D eigenvalue weighted by Gasteiger charge is -2.31.